The molecule has 2 bridgehead atoms. The van der Waals surface area contributed by atoms with Crippen LogP contribution in [0.25, 0.3) is 0 Å². The molecule has 3 atom stereocenters. The molecule has 1 N–H and O–H groups in total. The molecule has 2 aromatic rings. The molecule has 0 spiro atoms. The molecular formula is C20H21NO3. The average molecular weight is 323 g/mol. The highest BCUT2D eigenvalue weighted by Gasteiger charge is 2.47. The molecule has 3 unspecified atom stereocenters. The number of methoxy groups -OCH3 is 1. The van der Waals surface area contributed by atoms with E-state index in [-0.39, 0.29) is 23.8 Å². The number of para-hydroxylation sites is 1. The van der Waals surface area contributed by atoms with E-state index in [0.717, 1.165) is 24.1 Å². The molecule has 2 aliphatic heterocycles. The van der Waals surface area contributed by atoms with Gasteiger partial charge < -0.3 is 14.7 Å². The van der Waals surface area contributed by atoms with Gasteiger partial charge in [-0.15, -0.1) is 0 Å². The van der Waals surface area contributed by atoms with E-state index >= 15 is 0 Å². The topological polar surface area (TPSA) is 49.8 Å². The lowest BCUT2D eigenvalue weighted by molar-refractivity contribution is -0.128. The van der Waals surface area contributed by atoms with Gasteiger partial charge in [-0.25, -0.2) is 0 Å². The second-order valence-electron chi connectivity index (χ2n) is 6.63. The van der Waals surface area contributed by atoms with Crippen LogP contribution in [0.3, 0.4) is 0 Å². The van der Waals surface area contributed by atoms with Crippen molar-refractivity contribution < 1.29 is 14.6 Å². The molecule has 3 fully saturated rings. The average Bonchev–Trinajstić information content (AvgIpc) is 2.62. The molecule has 0 aromatic heterocycles. The SMILES string of the molecule is COc1ccc(C2C3CCC(CC3=O)N2c2ccccc2)cc1O. The molecule has 24 heavy (non-hydrogen) atoms. The molecule has 2 saturated heterocycles. The number of ether oxygens (including phenoxy) is 1. The van der Waals surface area contributed by atoms with E-state index in [2.05, 4.69) is 17.0 Å². The third kappa shape index (κ3) is 2.33. The summed E-state index contributed by atoms with van der Waals surface area (Å²) in [6, 6.07) is 16.0. The largest absolute Gasteiger partial charge is 0.504 e. The summed E-state index contributed by atoms with van der Waals surface area (Å²) < 4.78 is 5.15. The van der Waals surface area contributed by atoms with Crippen molar-refractivity contribution in [2.24, 2.45) is 5.92 Å². The summed E-state index contributed by atoms with van der Waals surface area (Å²) in [6.45, 7) is 0. The summed E-state index contributed by atoms with van der Waals surface area (Å²) in [4.78, 5) is 14.9. The zero-order chi connectivity index (χ0) is 16.7. The van der Waals surface area contributed by atoms with Crippen molar-refractivity contribution in [3.63, 3.8) is 0 Å². The first-order chi connectivity index (χ1) is 11.7. The number of fused-ring (bicyclic) bond motifs is 3. The number of carbonyl (C=O) groups excluding carboxylic acids is 1. The van der Waals surface area contributed by atoms with Gasteiger partial charge in [-0.2, -0.15) is 0 Å². The Morgan fingerprint density at radius 1 is 1.12 bits per heavy atom. The molecule has 0 radical (unpaired) electrons. The fourth-order valence-corrected chi connectivity index (χ4v) is 4.27. The molecule has 3 aliphatic rings. The summed E-state index contributed by atoms with van der Waals surface area (Å²) in [7, 11) is 1.54. The number of hydrogen-bond acceptors (Lipinski definition) is 4. The minimum Gasteiger partial charge on any atom is -0.504 e. The van der Waals surface area contributed by atoms with Crippen LogP contribution in [0.5, 0.6) is 11.5 Å². The molecule has 1 aliphatic carbocycles. The van der Waals surface area contributed by atoms with Crippen molar-refractivity contribution in [3.8, 4) is 11.5 Å². The van der Waals surface area contributed by atoms with Gasteiger partial charge in [0.1, 0.15) is 5.78 Å². The van der Waals surface area contributed by atoms with Gasteiger partial charge in [-0.1, -0.05) is 24.3 Å². The molecule has 4 heteroatoms. The van der Waals surface area contributed by atoms with Crippen LogP contribution in [0.2, 0.25) is 0 Å². The van der Waals surface area contributed by atoms with Gasteiger partial charge in [0.05, 0.1) is 13.2 Å². The quantitative estimate of drug-likeness (QED) is 0.936. The maximum atomic E-state index is 12.5. The fraction of sp³-hybridized carbons (Fsp3) is 0.350. The number of nitrogens with zero attached hydrogens (tertiary/aromatic N) is 1. The molecule has 124 valence electrons. The number of benzene rings is 2. The van der Waals surface area contributed by atoms with Crippen LogP contribution < -0.4 is 9.64 Å². The smallest absolute Gasteiger partial charge is 0.160 e. The van der Waals surface area contributed by atoms with Crippen LogP contribution in [0.4, 0.5) is 5.69 Å². The molecule has 5 rings (SSSR count). The second-order valence-corrected chi connectivity index (χ2v) is 6.63. The Morgan fingerprint density at radius 2 is 1.92 bits per heavy atom. The Hall–Kier alpha value is -2.49. The monoisotopic (exact) mass is 323 g/mol. The first-order valence-corrected chi connectivity index (χ1v) is 8.42. The van der Waals surface area contributed by atoms with Gasteiger partial charge in [0.25, 0.3) is 0 Å². The Balaban J connectivity index is 1.80. The van der Waals surface area contributed by atoms with Gasteiger partial charge >= 0.3 is 0 Å². The molecular weight excluding hydrogens is 302 g/mol. The zero-order valence-electron chi connectivity index (χ0n) is 13.7. The van der Waals surface area contributed by atoms with E-state index in [1.807, 2.05) is 24.3 Å². The molecule has 4 nitrogen and oxygen atoms in total. The Kier molecular flexibility index (Phi) is 3.68. The van der Waals surface area contributed by atoms with Crippen molar-refractivity contribution in [1.29, 1.82) is 0 Å². The van der Waals surface area contributed by atoms with Crippen molar-refractivity contribution in [2.75, 3.05) is 12.0 Å². The fourth-order valence-electron chi connectivity index (χ4n) is 4.27. The highest BCUT2D eigenvalue weighted by molar-refractivity contribution is 5.86. The summed E-state index contributed by atoms with van der Waals surface area (Å²) >= 11 is 0. The van der Waals surface area contributed by atoms with Crippen LogP contribution in [-0.4, -0.2) is 24.0 Å². The van der Waals surface area contributed by atoms with Gasteiger partial charge in [0, 0.05) is 24.1 Å². The maximum Gasteiger partial charge on any atom is 0.160 e. The van der Waals surface area contributed by atoms with E-state index in [9.17, 15) is 9.90 Å². The first-order valence-electron chi connectivity index (χ1n) is 8.42. The number of hydrogen-bond donors (Lipinski definition) is 1. The van der Waals surface area contributed by atoms with E-state index in [1.165, 1.54) is 7.11 Å². The van der Waals surface area contributed by atoms with Gasteiger partial charge in [0.15, 0.2) is 11.5 Å². The summed E-state index contributed by atoms with van der Waals surface area (Å²) in [6.07, 6.45) is 2.59. The number of Topliss-reactive ketones (excluding diaryl/α,β-unsaturated/α-hetero) is 1. The minimum atomic E-state index is -0.0239. The minimum absolute atomic E-state index is 0.0111. The Labute approximate surface area is 141 Å². The molecule has 1 saturated carbocycles. The Morgan fingerprint density at radius 3 is 2.58 bits per heavy atom. The number of phenolic OH excluding ortho intramolecular Hbond substituents is 1. The number of carbonyl (C=O) groups is 1. The predicted octanol–water partition coefficient (Wildman–Crippen LogP) is 3.70. The second kappa shape index (κ2) is 5.86. The summed E-state index contributed by atoms with van der Waals surface area (Å²) in [5.74, 6) is 0.913. The molecule has 0 amide bonds. The lowest BCUT2D eigenvalue weighted by Crippen LogP contribution is -2.54. The van der Waals surface area contributed by atoms with E-state index in [1.54, 1.807) is 12.1 Å². The lowest BCUT2D eigenvalue weighted by atomic mass is 9.71. The highest BCUT2D eigenvalue weighted by Crippen LogP contribution is 2.48. The van der Waals surface area contributed by atoms with Crippen LogP contribution in [0, 0.1) is 5.92 Å². The van der Waals surface area contributed by atoms with Crippen LogP contribution >= 0.6 is 0 Å². The third-order valence-electron chi connectivity index (χ3n) is 5.33. The van der Waals surface area contributed by atoms with Crippen molar-refractivity contribution in [3.05, 3.63) is 54.1 Å². The van der Waals surface area contributed by atoms with Gasteiger partial charge in [0.2, 0.25) is 0 Å². The number of piperidine rings is 2. The number of rotatable bonds is 3. The number of aromatic hydroxyl groups is 1. The maximum absolute atomic E-state index is 12.5. The summed E-state index contributed by atoms with van der Waals surface area (Å²) in [5, 5.41) is 10.2. The Bertz CT molecular complexity index is 759. The molecule has 2 aromatic carbocycles. The van der Waals surface area contributed by atoms with E-state index in [0.29, 0.717) is 18.0 Å². The standard InChI is InChI=1S/C20H21NO3/c1-24-19-10-7-13(11-18(19)23)20-16-9-8-15(12-17(16)22)21(20)14-5-3-2-4-6-14/h2-7,10-11,15-16,20,23H,8-9,12H2,1H3. The lowest BCUT2D eigenvalue weighted by Gasteiger charge is -2.52. The number of phenols is 1. The van der Waals surface area contributed by atoms with Crippen LogP contribution in [0.15, 0.2) is 48.5 Å². The van der Waals surface area contributed by atoms with Crippen molar-refractivity contribution in [2.45, 2.75) is 31.3 Å². The van der Waals surface area contributed by atoms with Gasteiger partial charge in [-0.05, 0) is 42.7 Å². The normalized spacial score (nSPS) is 25.8. The summed E-state index contributed by atoms with van der Waals surface area (Å²) in [5.41, 5.74) is 2.11. The first kappa shape index (κ1) is 15.1. The number of ketones is 1. The third-order valence-corrected chi connectivity index (χ3v) is 5.33. The van der Waals surface area contributed by atoms with Crippen molar-refractivity contribution >= 4 is 11.5 Å². The van der Waals surface area contributed by atoms with Crippen LogP contribution in [0.1, 0.15) is 30.9 Å². The van der Waals surface area contributed by atoms with Gasteiger partial charge in [-0.3, -0.25) is 4.79 Å². The van der Waals surface area contributed by atoms with Crippen LogP contribution in [-0.2, 0) is 4.79 Å². The molecule has 2 heterocycles. The predicted molar refractivity (Wildman–Crippen MR) is 92.5 cm³/mol. The van der Waals surface area contributed by atoms with E-state index in [4.69, 9.17) is 4.74 Å². The number of anilines is 1. The zero-order valence-corrected chi connectivity index (χ0v) is 13.7. The highest BCUT2D eigenvalue weighted by atomic mass is 16.5. The van der Waals surface area contributed by atoms with Crippen molar-refractivity contribution in [1.82, 2.24) is 0 Å². The van der Waals surface area contributed by atoms with E-state index < -0.39 is 0 Å².